The van der Waals surface area contributed by atoms with Crippen LogP contribution in [-0.2, 0) is 22.6 Å². The van der Waals surface area contributed by atoms with E-state index in [4.69, 9.17) is 0 Å². The molecule has 0 saturated heterocycles. The largest absolute Gasteiger partial charge is 0.355 e. The molecular formula is C22H27FN2O2. The predicted molar refractivity (Wildman–Crippen MR) is 104 cm³/mol. The third kappa shape index (κ3) is 5.39. The van der Waals surface area contributed by atoms with Crippen LogP contribution in [0.4, 0.5) is 4.39 Å². The Morgan fingerprint density at radius 1 is 1.04 bits per heavy atom. The molecule has 0 fully saturated rings. The van der Waals surface area contributed by atoms with E-state index in [0.29, 0.717) is 25.1 Å². The van der Waals surface area contributed by atoms with E-state index < -0.39 is 5.41 Å². The first-order valence-electron chi connectivity index (χ1n) is 9.21. The molecule has 0 spiro atoms. The molecule has 0 aliphatic carbocycles. The van der Waals surface area contributed by atoms with E-state index in [2.05, 4.69) is 5.32 Å². The van der Waals surface area contributed by atoms with Crippen molar-refractivity contribution in [1.82, 2.24) is 10.2 Å². The summed E-state index contributed by atoms with van der Waals surface area (Å²) >= 11 is 0. The summed E-state index contributed by atoms with van der Waals surface area (Å²) in [6, 6.07) is 16.2. The number of hydrogen-bond acceptors (Lipinski definition) is 2. The number of nitrogens with one attached hydrogen (secondary N) is 1. The summed E-state index contributed by atoms with van der Waals surface area (Å²) in [5, 5.41) is 2.77. The van der Waals surface area contributed by atoms with Crippen LogP contribution in [0, 0.1) is 11.2 Å². The molecule has 0 atom stereocenters. The van der Waals surface area contributed by atoms with Crippen molar-refractivity contribution in [1.29, 1.82) is 0 Å². The molecule has 2 rings (SSSR count). The van der Waals surface area contributed by atoms with Crippen LogP contribution in [0.25, 0.3) is 0 Å². The van der Waals surface area contributed by atoms with Gasteiger partial charge in [0.2, 0.25) is 11.8 Å². The van der Waals surface area contributed by atoms with Crippen LogP contribution in [-0.4, -0.2) is 29.8 Å². The number of carbonyl (C=O) groups is 2. The molecule has 0 unspecified atom stereocenters. The Kier molecular flexibility index (Phi) is 7.11. The van der Waals surface area contributed by atoms with Crippen molar-refractivity contribution >= 4 is 11.8 Å². The molecule has 0 heterocycles. The van der Waals surface area contributed by atoms with Gasteiger partial charge >= 0.3 is 0 Å². The van der Waals surface area contributed by atoms with Crippen LogP contribution >= 0.6 is 0 Å². The molecule has 0 aliphatic rings. The van der Waals surface area contributed by atoms with Gasteiger partial charge in [-0.05, 0) is 44.4 Å². The molecular weight excluding hydrogens is 343 g/mol. The first-order valence-corrected chi connectivity index (χ1v) is 9.21. The van der Waals surface area contributed by atoms with E-state index in [-0.39, 0.29) is 24.2 Å². The molecule has 0 saturated carbocycles. The van der Waals surface area contributed by atoms with E-state index in [0.717, 1.165) is 5.56 Å². The second kappa shape index (κ2) is 9.31. The molecule has 2 amide bonds. The molecule has 1 N–H and O–H groups in total. The smallest absolute Gasteiger partial charge is 0.237 e. The molecule has 0 aromatic heterocycles. The second-order valence-electron chi connectivity index (χ2n) is 7.03. The minimum absolute atomic E-state index is 0.225. The van der Waals surface area contributed by atoms with E-state index in [1.165, 1.54) is 6.07 Å². The number of amides is 2. The molecule has 4 nitrogen and oxygen atoms in total. The summed E-state index contributed by atoms with van der Waals surface area (Å²) in [4.78, 5) is 27.2. The highest BCUT2D eigenvalue weighted by atomic mass is 19.1. The standard InChI is InChI=1S/C22H27FN2O2/c1-4-25(16-17-10-6-5-7-11-17)21(27)22(2,3)20(26)24-15-14-18-12-8-9-13-19(18)23/h5-13H,4,14-16H2,1-3H3,(H,24,26). The molecule has 0 aliphatic heterocycles. The number of hydrogen-bond donors (Lipinski definition) is 1. The lowest BCUT2D eigenvalue weighted by Crippen LogP contribution is -2.49. The van der Waals surface area contributed by atoms with Gasteiger partial charge < -0.3 is 10.2 Å². The topological polar surface area (TPSA) is 49.4 Å². The lowest BCUT2D eigenvalue weighted by molar-refractivity contribution is -0.148. The molecule has 27 heavy (non-hydrogen) atoms. The zero-order chi connectivity index (χ0) is 19.9. The number of rotatable bonds is 8. The molecule has 0 bridgehead atoms. The second-order valence-corrected chi connectivity index (χ2v) is 7.03. The van der Waals surface area contributed by atoms with Crippen molar-refractivity contribution in [2.24, 2.45) is 5.41 Å². The van der Waals surface area contributed by atoms with Gasteiger partial charge in [0.25, 0.3) is 0 Å². The van der Waals surface area contributed by atoms with Gasteiger partial charge in [0.1, 0.15) is 11.2 Å². The van der Waals surface area contributed by atoms with E-state index in [9.17, 15) is 14.0 Å². The highest BCUT2D eigenvalue weighted by molar-refractivity contribution is 6.04. The minimum Gasteiger partial charge on any atom is -0.355 e. The van der Waals surface area contributed by atoms with Crippen LogP contribution in [0.2, 0.25) is 0 Å². The maximum atomic E-state index is 13.7. The quantitative estimate of drug-likeness (QED) is 0.723. The van der Waals surface area contributed by atoms with Crippen LogP contribution in [0.5, 0.6) is 0 Å². The van der Waals surface area contributed by atoms with Gasteiger partial charge in [0.15, 0.2) is 0 Å². The van der Waals surface area contributed by atoms with Gasteiger partial charge in [0, 0.05) is 19.6 Å². The highest BCUT2D eigenvalue weighted by Crippen LogP contribution is 2.21. The van der Waals surface area contributed by atoms with Gasteiger partial charge in [0.05, 0.1) is 0 Å². The van der Waals surface area contributed by atoms with Gasteiger partial charge in [-0.2, -0.15) is 0 Å². The van der Waals surface area contributed by atoms with Crippen LogP contribution in [0.3, 0.4) is 0 Å². The van der Waals surface area contributed by atoms with E-state index in [1.54, 1.807) is 36.9 Å². The van der Waals surface area contributed by atoms with Gasteiger partial charge in [-0.15, -0.1) is 0 Å². The summed E-state index contributed by atoms with van der Waals surface area (Å²) in [5.74, 6) is -0.866. The van der Waals surface area contributed by atoms with Crippen molar-refractivity contribution < 1.29 is 14.0 Å². The average molecular weight is 370 g/mol. The van der Waals surface area contributed by atoms with Crippen molar-refractivity contribution in [3.05, 3.63) is 71.5 Å². The van der Waals surface area contributed by atoms with Crippen molar-refractivity contribution in [3.63, 3.8) is 0 Å². The average Bonchev–Trinajstić information content (AvgIpc) is 2.67. The van der Waals surface area contributed by atoms with Crippen molar-refractivity contribution in [3.8, 4) is 0 Å². The lowest BCUT2D eigenvalue weighted by atomic mass is 9.90. The normalized spacial score (nSPS) is 11.1. The highest BCUT2D eigenvalue weighted by Gasteiger charge is 2.38. The number of benzene rings is 2. The molecule has 2 aromatic rings. The SMILES string of the molecule is CCN(Cc1ccccc1)C(=O)C(C)(C)C(=O)NCCc1ccccc1F. The zero-order valence-electron chi connectivity index (χ0n) is 16.2. The summed E-state index contributed by atoms with van der Waals surface area (Å²) in [6.45, 7) is 6.40. The third-order valence-electron chi connectivity index (χ3n) is 4.63. The summed E-state index contributed by atoms with van der Waals surface area (Å²) in [7, 11) is 0. The predicted octanol–water partition coefficient (Wildman–Crippen LogP) is 3.56. The Morgan fingerprint density at radius 2 is 1.67 bits per heavy atom. The fourth-order valence-corrected chi connectivity index (χ4v) is 2.86. The lowest BCUT2D eigenvalue weighted by Gasteiger charge is -2.30. The third-order valence-corrected chi connectivity index (χ3v) is 4.63. The van der Waals surface area contributed by atoms with Crippen LogP contribution in [0.15, 0.2) is 54.6 Å². The van der Waals surface area contributed by atoms with E-state index >= 15 is 0 Å². The molecule has 5 heteroatoms. The van der Waals surface area contributed by atoms with Crippen LogP contribution < -0.4 is 5.32 Å². The fraction of sp³-hybridized carbons (Fsp3) is 0.364. The maximum absolute atomic E-state index is 13.7. The Hall–Kier alpha value is -2.69. The monoisotopic (exact) mass is 370 g/mol. The van der Waals surface area contributed by atoms with Gasteiger partial charge in [-0.3, -0.25) is 9.59 Å². The fourth-order valence-electron chi connectivity index (χ4n) is 2.86. The Balaban J connectivity index is 1.96. The Morgan fingerprint density at radius 3 is 2.30 bits per heavy atom. The maximum Gasteiger partial charge on any atom is 0.237 e. The Labute approximate surface area is 160 Å². The van der Waals surface area contributed by atoms with Gasteiger partial charge in [-0.25, -0.2) is 4.39 Å². The summed E-state index contributed by atoms with van der Waals surface area (Å²) in [6.07, 6.45) is 0.379. The van der Waals surface area contributed by atoms with Crippen LogP contribution in [0.1, 0.15) is 31.9 Å². The summed E-state index contributed by atoms with van der Waals surface area (Å²) < 4.78 is 13.7. The van der Waals surface area contributed by atoms with Crippen molar-refractivity contribution in [2.45, 2.75) is 33.7 Å². The minimum atomic E-state index is -1.19. The Bertz CT molecular complexity index is 775. The molecule has 0 radical (unpaired) electrons. The number of carbonyl (C=O) groups excluding carboxylic acids is 2. The van der Waals surface area contributed by atoms with Crippen molar-refractivity contribution in [2.75, 3.05) is 13.1 Å². The first kappa shape index (κ1) is 20.6. The molecule has 144 valence electrons. The zero-order valence-corrected chi connectivity index (χ0v) is 16.2. The number of halogens is 1. The summed E-state index contributed by atoms with van der Waals surface area (Å²) in [5.41, 5.74) is 0.365. The number of nitrogens with zero attached hydrogens (tertiary/aromatic N) is 1. The first-order chi connectivity index (χ1) is 12.9. The van der Waals surface area contributed by atoms with E-state index in [1.807, 2.05) is 37.3 Å². The molecule has 2 aromatic carbocycles. The van der Waals surface area contributed by atoms with Gasteiger partial charge in [-0.1, -0.05) is 48.5 Å².